The molecule has 1 aliphatic heterocycles. The van der Waals surface area contributed by atoms with Crippen molar-refractivity contribution in [1.82, 2.24) is 4.90 Å². The van der Waals surface area contributed by atoms with Gasteiger partial charge in [0.25, 0.3) is 0 Å². The molecule has 1 N–H and O–H groups in total. The zero-order valence-electron chi connectivity index (χ0n) is 11.3. The minimum atomic E-state index is 0.782. The van der Waals surface area contributed by atoms with Crippen LogP contribution in [0, 0.1) is 5.92 Å². The van der Waals surface area contributed by atoms with Gasteiger partial charge in [0.05, 0.1) is 0 Å². The van der Waals surface area contributed by atoms with Gasteiger partial charge in [-0.05, 0) is 30.5 Å². The number of nitrogens with one attached hydrogen (secondary N) is 1. The largest absolute Gasteiger partial charge is 0.384 e. The molecule has 1 atom stereocenters. The third-order valence-electron chi connectivity index (χ3n) is 3.69. The van der Waals surface area contributed by atoms with Crippen molar-refractivity contribution in [2.45, 2.75) is 33.2 Å². The minimum absolute atomic E-state index is 0.782. The maximum absolute atomic E-state index is 3.51. The fourth-order valence-corrected chi connectivity index (χ4v) is 2.56. The summed E-state index contributed by atoms with van der Waals surface area (Å²) in [6.45, 7) is 7.92. The molecular formula is C15H24N2. The summed E-state index contributed by atoms with van der Waals surface area (Å²) in [6.07, 6.45) is 2.44. The Morgan fingerprint density at radius 1 is 1.41 bits per heavy atom. The maximum atomic E-state index is 3.51. The highest BCUT2D eigenvalue weighted by molar-refractivity contribution is 5.61. The topological polar surface area (TPSA) is 15.3 Å². The van der Waals surface area contributed by atoms with Crippen molar-refractivity contribution in [3.05, 3.63) is 29.3 Å². The molecule has 1 aromatic rings. The summed E-state index contributed by atoms with van der Waals surface area (Å²) in [5.41, 5.74) is 4.33. The monoisotopic (exact) mass is 232 g/mol. The van der Waals surface area contributed by atoms with E-state index in [1.54, 1.807) is 0 Å². The molecule has 1 aliphatic rings. The Labute approximate surface area is 105 Å². The quantitative estimate of drug-likeness (QED) is 0.839. The Kier molecular flexibility index (Phi) is 4.06. The Hall–Kier alpha value is -1.02. The van der Waals surface area contributed by atoms with Crippen LogP contribution in [0.3, 0.4) is 0 Å². The fourth-order valence-electron chi connectivity index (χ4n) is 2.56. The first-order valence-electron chi connectivity index (χ1n) is 6.74. The zero-order chi connectivity index (χ0) is 12.3. The molecule has 0 fully saturated rings. The number of nitrogens with zero attached hydrogens (tertiary/aromatic N) is 1. The molecule has 0 spiro atoms. The predicted molar refractivity (Wildman–Crippen MR) is 74.4 cm³/mol. The number of para-hydroxylation sites is 1. The molecular weight excluding hydrogens is 208 g/mol. The van der Waals surface area contributed by atoms with Gasteiger partial charge in [0.2, 0.25) is 0 Å². The molecule has 2 rings (SSSR count). The van der Waals surface area contributed by atoms with Crippen LogP contribution in [0.2, 0.25) is 0 Å². The number of benzene rings is 1. The molecule has 0 bridgehead atoms. The van der Waals surface area contributed by atoms with Crippen LogP contribution >= 0.6 is 0 Å². The molecule has 0 aromatic heterocycles. The first-order valence-corrected chi connectivity index (χ1v) is 6.74. The SMILES string of the molecule is CCC(C)CN(C)Cc1cccc2c1NCC2. The van der Waals surface area contributed by atoms with Gasteiger partial charge >= 0.3 is 0 Å². The second kappa shape index (κ2) is 5.54. The average Bonchev–Trinajstić information content (AvgIpc) is 2.78. The van der Waals surface area contributed by atoms with E-state index in [-0.39, 0.29) is 0 Å². The highest BCUT2D eigenvalue weighted by Crippen LogP contribution is 2.27. The molecule has 0 saturated carbocycles. The van der Waals surface area contributed by atoms with E-state index in [1.807, 2.05) is 0 Å². The molecule has 0 amide bonds. The third kappa shape index (κ3) is 3.01. The first-order chi connectivity index (χ1) is 8.20. The fraction of sp³-hybridized carbons (Fsp3) is 0.600. The van der Waals surface area contributed by atoms with Crippen molar-refractivity contribution in [3.8, 4) is 0 Å². The predicted octanol–water partition coefficient (Wildman–Crippen LogP) is 3.13. The summed E-state index contributed by atoms with van der Waals surface area (Å²) in [4.78, 5) is 2.43. The molecule has 2 nitrogen and oxygen atoms in total. The van der Waals surface area contributed by atoms with Crippen LogP contribution in [0.5, 0.6) is 0 Å². The van der Waals surface area contributed by atoms with E-state index in [2.05, 4.69) is 49.3 Å². The van der Waals surface area contributed by atoms with Gasteiger partial charge in [-0.15, -0.1) is 0 Å². The van der Waals surface area contributed by atoms with Crippen LogP contribution in [0.1, 0.15) is 31.4 Å². The van der Waals surface area contributed by atoms with Crippen LogP contribution in [-0.2, 0) is 13.0 Å². The highest BCUT2D eigenvalue weighted by Gasteiger charge is 2.14. The minimum Gasteiger partial charge on any atom is -0.384 e. The summed E-state index contributed by atoms with van der Waals surface area (Å²) in [6, 6.07) is 6.69. The van der Waals surface area contributed by atoms with Crippen LogP contribution in [0.15, 0.2) is 18.2 Å². The molecule has 0 aliphatic carbocycles. The third-order valence-corrected chi connectivity index (χ3v) is 3.69. The van der Waals surface area contributed by atoms with Crippen molar-refractivity contribution in [2.75, 3.05) is 25.5 Å². The first kappa shape index (κ1) is 12.4. The molecule has 1 aromatic carbocycles. The van der Waals surface area contributed by atoms with E-state index in [1.165, 1.54) is 36.2 Å². The molecule has 2 heteroatoms. The lowest BCUT2D eigenvalue weighted by Gasteiger charge is -2.21. The van der Waals surface area contributed by atoms with Crippen molar-refractivity contribution in [2.24, 2.45) is 5.92 Å². The van der Waals surface area contributed by atoms with Crippen LogP contribution in [0.4, 0.5) is 5.69 Å². The second-order valence-electron chi connectivity index (χ2n) is 5.34. The molecule has 1 heterocycles. The van der Waals surface area contributed by atoms with E-state index in [0.29, 0.717) is 0 Å². The number of anilines is 1. The lowest BCUT2D eigenvalue weighted by Crippen LogP contribution is -2.24. The smallest absolute Gasteiger partial charge is 0.0419 e. The highest BCUT2D eigenvalue weighted by atomic mass is 15.1. The standard InChI is InChI=1S/C15H24N2/c1-4-12(2)10-17(3)11-14-7-5-6-13-8-9-16-15(13)14/h5-7,12,16H,4,8-11H2,1-3H3. The normalized spacial score (nSPS) is 15.8. The van der Waals surface area contributed by atoms with E-state index in [9.17, 15) is 0 Å². The summed E-state index contributed by atoms with van der Waals surface area (Å²) in [7, 11) is 2.22. The van der Waals surface area contributed by atoms with E-state index in [4.69, 9.17) is 0 Å². The zero-order valence-corrected chi connectivity index (χ0v) is 11.3. The van der Waals surface area contributed by atoms with E-state index in [0.717, 1.165) is 19.0 Å². The summed E-state index contributed by atoms with van der Waals surface area (Å²) in [5, 5.41) is 3.51. The van der Waals surface area contributed by atoms with Crippen molar-refractivity contribution < 1.29 is 0 Å². The Bertz CT molecular complexity index is 373. The number of hydrogen-bond acceptors (Lipinski definition) is 2. The van der Waals surface area contributed by atoms with Crippen molar-refractivity contribution in [3.63, 3.8) is 0 Å². The average molecular weight is 232 g/mol. The Morgan fingerprint density at radius 2 is 2.24 bits per heavy atom. The second-order valence-corrected chi connectivity index (χ2v) is 5.34. The molecule has 0 radical (unpaired) electrons. The van der Waals surface area contributed by atoms with Crippen molar-refractivity contribution in [1.29, 1.82) is 0 Å². The summed E-state index contributed by atoms with van der Waals surface area (Å²) >= 11 is 0. The molecule has 1 unspecified atom stereocenters. The lowest BCUT2D eigenvalue weighted by atomic mass is 10.1. The summed E-state index contributed by atoms with van der Waals surface area (Å²) in [5.74, 6) is 0.782. The van der Waals surface area contributed by atoms with Gasteiger partial charge in [-0.1, -0.05) is 38.5 Å². The van der Waals surface area contributed by atoms with Gasteiger partial charge in [-0.2, -0.15) is 0 Å². The molecule has 0 saturated heterocycles. The van der Waals surface area contributed by atoms with Gasteiger partial charge in [-0.3, -0.25) is 0 Å². The van der Waals surface area contributed by atoms with Crippen LogP contribution < -0.4 is 5.32 Å². The molecule has 17 heavy (non-hydrogen) atoms. The van der Waals surface area contributed by atoms with Crippen molar-refractivity contribution >= 4 is 5.69 Å². The van der Waals surface area contributed by atoms with Gasteiger partial charge in [-0.25, -0.2) is 0 Å². The van der Waals surface area contributed by atoms with Crippen LogP contribution in [-0.4, -0.2) is 25.0 Å². The van der Waals surface area contributed by atoms with Gasteiger partial charge in [0.15, 0.2) is 0 Å². The van der Waals surface area contributed by atoms with Crippen LogP contribution in [0.25, 0.3) is 0 Å². The number of fused-ring (bicyclic) bond motifs is 1. The van der Waals surface area contributed by atoms with Gasteiger partial charge in [0.1, 0.15) is 0 Å². The summed E-state index contributed by atoms with van der Waals surface area (Å²) < 4.78 is 0. The van der Waals surface area contributed by atoms with Gasteiger partial charge < -0.3 is 10.2 Å². The number of hydrogen-bond donors (Lipinski definition) is 1. The van der Waals surface area contributed by atoms with Gasteiger partial charge in [0, 0.05) is 25.3 Å². The Balaban J connectivity index is 2.01. The van der Waals surface area contributed by atoms with E-state index < -0.39 is 0 Å². The molecule has 94 valence electrons. The maximum Gasteiger partial charge on any atom is 0.0419 e. The Morgan fingerprint density at radius 3 is 3.00 bits per heavy atom. The van der Waals surface area contributed by atoms with E-state index >= 15 is 0 Å². The lowest BCUT2D eigenvalue weighted by molar-refractivity contribution is 0.275. The number of rotatable bonds is 5.